The first-order valence-corrected chi connectivity index (χ1v) is 10.1. The van der Waals surface area contributed by atoms with E-state index in [-0.39, 0.29) is 11.7 Å². The maximum absolute atomic E-state index is 12.2. The second kappa shape index (κ2) is 10.9. The van der Waals surface area contributed by atoms with E-state index in [1.807, 2.05) is 18.2 Å². The highest BCUT2D eigenvalue weighted by Gasteiger charge is 2.17. The van der Waals surface area contributed by atoms with Crippen molar-refractivity contribution in [2.24, 2.45) is 5.92 Å². The molecule has 1 aromatic carbocycles. The largest absolute Gasteiger partial charge is 0.361 e. The molecule has 0 aliphatic carbocycles. The minimum atomic E-state index is -3.70. The highest BCUT2D eigenvalue weighted by Crippen LogP contribution is 2.06. The van der Waals surface area contributed by atoms with Gasteiger partial charge >= 0.3 is 0 Å². The molecule has 1 rings (SSSR count). The van der Waals surface area contributed by atoms with Gasteiger partial charge in [-0.3, -0.25) is 15.6 Å². The third kappa shape index (κ3) is 8.93. The number of nitrogens with zero attached hydrogens (tertiary/aromatic N) is 1. The van der Waals surface area contributed by atoms with Gasteiger partial charge in [0.15, 0.2) is 5.11 Å². The number of likely N-dealkylation sites (N-methyl/N-ethyl adjacent to an activating group) is 1. The van der Waals surface area contributed by atoms with Crippen LogP contribution in [0.5, 0.6) is 0 Å². The predicted octanol–water partition coefficient (Wildman–Crippen LogP) is 1.46. The highest BCUT2D eigenvalue weighted by atomic mass is 32.2. The van der Waals surface area contributed by atoms with Gasteiger partial charge in [-0.05, 0) is 36.2 Å². The van der Waals surface area contributed by atoms with Crippen LogP contribution in [-0.2, 0) is 14.8 Å². The average Bonchev–Trinajstić information content (AvgIpc) is 2.59. The Labute approximate surface area is 160 Å². The van der Waals surface area contributed by atoms with E-state index in [1.165, 1.54) is 13.1 Å². The third-order valence-electron chi connectivity index (χ3n) is 3.36. The van der Waals surface area contributed by atoms with Crippen LogP contribution in [0.25, 0.3) is 6.08 Å². The number of benzene rings is 1. The number of sulfonamides is 1. The molecule has 0 radical (unpaired) electrons. The minimum absolute atomic E-state index is 0.286. The molecule has 0 heterocycles. The summed E-state index contributed by atoms with van der Waals surface area (Å²) in [5, 5.41) is 4.31. The first-order valence-electron chi connectivity index (χ1n) is 8.23. The lowest BCUT2D eigenvalue weighted by Gasteiger charge is -2.16. The van der Waals surface area contributed by atoms with Gasteiger partial charge in [-0.15, -0.1) is 0 Å². The van der Waals surface area contributed by atoms with Crippen LogP contribution < -0.4 is 16.2 Å². The number of rotatable bonds is 8. The van der Waals surface area contributed by atoms with Crippen molar-refractivity contribution in [2.45, 2.75) is 20.3 Å². The maximum Gasteiger partial charge on any atom is 0.253 e. The molecule has 26 heavy (non-hydrogen) atoms. The zero-order valence-corrected chi connectivity index (χ0v) is 16.9. The highest BCUT2D eigenvalue weighted by molar-refractivity contribution is 7.92. The lowest BCUT2D eigenvalue weighted by molar-refractivity contribution is -0.121. The lowest BCUT2D eigenvalue weighted by Crippen LogP contribution is -2.50. The summed E-state index contributed by atoms with van der Waals surface area (Å²) < 4.78 is 25.3. The fourth-order valence-corrected chi connectivity index (χ4v) is 2.80. The monoisotopic (exact) mass is 398 g/mol. The summed E-state index contributed by atoms with van der Waals surface area (Å²) in [6.07, 6.45) is 2.43. The van der Waals surface area contributed by atoms with Crippen molar-refractivity contribution in [3.05, 3.63) is 41.3 Å². The number of amides is 1. The van der Waals surface area contributed by atoms with Gasteiger partial charge in [-0.2, -0.15) is 4.31 Å². The van der Waals surface area contributed by atoms with Crippen LogP contribution in [-0.4, -0.2) is 43.9 Å². The van der Waals surface area contributed by atoms with E-state index in [4.69, 9.17) is 12.2 Å². The number of hydrogen-bond donors (Lipinski definition) is 3. The Morgan fingerprint density at radius 2 is 1.88 bits per heavy atom. The molecule has 1 aromatic rings. The number of hydrazine groups is 1. The Kier molecular flexibility index (Phi) is 9.25. The van der Waals surface area contributed by atoms with Gasteiger partial charge < -0.3 is 5.32 Å². The van der Waals surface area contributed by atoms with Gasteiger partial charge in [-0.25, -0.2) is 8.42 Å². The van der Waals surface area contributed by atoms with Crippen molar-refractivity contribution < 1.29 is 13.2 Å². The van der Waals surface area contributed by atoms with Crippen LogP contribution in [0.3, 0.4) is 0 Å². The summed E-state index contributed by atoms with van der Waals surface area (Å²) >= 11 is 5.03. The van der Waals surface area contributed by atoms with Crippen LogP contribution in [0.1, 0.15) is 25.8 Å². The van der Waals surface area contributed by atoms with E-state index in [1.54, 1.807) is 12.1 Å². The van der Waals surface area contributed by atoms with Gasteiger partial charge in [-0.1, -0.05) is 44.2 Å². The molecule has 0 aromatic heterocycles. The molecule has 0 bridgehead atoms. The number of thiocarbonyl (C=S) groups is 1. The molecule has 0 saturated carbocycles. The minimum Gasteiger partial charge on any atom is -0.361 e. The molecule has 0 saturated heterocycles. The van der Waals surface area contributed by atoms with Gasteiger partial charge in [0.1, 0.15) is 0 Å². The standard InChI is InChI=1S/C17H26N4O3S2/c1-14(2)9-11-18-17(25)20-19-16(22)13-21(3)26(23,24)12-10-15-7-5-4-6-8-15/h4-8,10,12,14H,9,11,13H2,1-3H3,(H,19,22)(H2,18,20,25)/b12-10+. The number of hydrogen-bond acceptors (Lipinski definition) is 4. The summed E-state index contributed by atoms with van der Waals surface area (Å²) in [6, 6.07) is 9.05. The molecule has 0 unspecified atom stereocenters. The van der Waals surface area contributed by atoms with E-state index >= 15 is 0 Å². The first kappa shape index (κ1) is 22.1. The van der Waals surface area contributed by atoms with E-state index in [9.17, 15) is 13.2 Å². The van der Waals surface area contributed by atoms with E-state index in [2.05, 4.69) is 30.0 Å². The SMILES string of the molecule is CC(C)CCNC(=S)NNC(=O)CN(C)S(=O)(=O)/C=C/c1ccccc1. The van der Waals surface area contributed by atoms with E-state index < -0.39 is 15.9 Å². The van der Waals surface area contributed by atoms with Crippen molar-refractivity contribution in [1.82, 2.24) is 20.5 Å². The van der Waals surface area contributed by atoms with Crippen LogP contribution in [0.15, 0.2) is 35.7 Å². The van der Waals surface area contributed by atoms with Crippen LogP contribution in [0.4, 0.5) is 0 Å². The van der Waals surface area contributed by atoms with E-state index in [0.717, 1.165) is 21.7 Å². The number of nitrogens with one attached hydrogen (secondary N) is 3. The molecule has 0 atom stereocenters. The maximum atomic E-state index is 12.2. The Bertz CT molecular complexity index is 719. The van der Waals surface area contributed by atoms with Gasteiger partial charge in [0, 0.05) is 19.0 Å². The normalized spacial score (nSPS) is 11.7. The molecular weight excluding hydrogens is 372 g/mol. The summed E-state index contributed by atoms with van der Waals surface area (Å²) in [6.45, 7) is 4.56. The zero-order chi connectivity index (χ0) is 19.6. The smallest absolute Gasteiger partial charge is 0.253 e. The number of carbonyl (C=O) groups excluding carboxylic acids is 1. The first-order chi connectivity index (χ1) is 12.2. The Balaban J connectivity index is 2.43. The molecular formula is C17H26N4O3S2. The fraction of sp³-hybridized carbons (Fsp3) is 0.412. The van der Waals surface area contributed by atoms with Gasteiger partial charge in [0.25, 0.3) is 5.91 Å². The molecule has 144 valence electrons. The summed E-state index contributed by atoms with van der Waals surface area (Å²) in [7, 11) is -2.36. The van der Waals surface area contributed by atoms with Crippen molar-refractivity contribution in [1.29, 1.82) is 0 Å². The second-order valence-corrected chi connectivity index (χ2v) is 8.46. The quantitative estimate of drug-likeness (QED) is 0.454. The molecule has 0 aliphatic heterocycles. The van der Waals surface area contributed by atoms with Gasteiger partial charge in [0.05, 0.1) is 6.54 Å². The van der Waals surface area contributed by atoms with Crippen molar-refractivity contribution in [2.75, 3.05) is 20.1 Å². The van der Waals surface area contributed by atoms with Crippen LogP contribution in [0.2, 0.25) is 0 Å². The van der Waals surface area contributed by atoms with Crippen molar-refractivity contribution in [3.63, 3.8) is 0 Å². The van der Waals surface area contributed by atoms with Crippen LogP contribution in [0, 0.1) is 5.92 Å². The predicted molar refractivity (Wildman–Crippen MR) is 108 cm³/mol. The van der Waals surface area contributed by atoms with Crippen LogP contribution >= 0.6 is 12.2 Å². The molecule has 7 nitrogen and oxygen atoms in total. The Morgan fingerprint density at radius 3 is 2.50 bits per heavy atom. The number of carbonyl (C=O) groups is 1. The van der Waals surface area contributed by atoms with Gasteiger partial charge in [0.2, 0.25) is 10.0 Å². The van der Waals surface area contributed by atoms with E-state index in [0.29, 0.717) is 12.5 Å². The van der Waals surface area contributed by atoms with Crippen molar-refractivity contribution in [3.8, 4) is 0 Å². The molecule has 9 heteroatoms. The molecule has 1 amide bonds. The molecule has 0 fully saturated rings. The fourth-order valence-electron chi connectivity index (χ4n) is 1.81. The summed E-state index contributed by atoms with van der Waals surface area (Å²) in [5.41, 5.74) is 5.68. The topological polar surface area (TPSA) is 90.5 Å². The molecule has 0 spiro atoms. The Hall–Kier alpha value is -1.97. The Morgan fingerprint density at radius 1 is 1.23 bits per heavy atom. The zero-order valence-electron chi connectivity index (χ0n) is 15.2. The lowest BCUT2D eigenvalue weighted by atomic mass is 10.1. The summed E-state index contributed by atoms with van der Waals surface area (Å²) in [4.78, 5) is 11.9. The average molecular weight is 399 g/mol. The molecule has 0 aliphatic rings. The second-order valence-electron chi connectivity index (χ2n) is 6.13. The van der Waals surface area contributed by atoms with Crippen molar-refractivity contribution >= 4 is 39.3 Å². The molecule has 3 N–H and O–H groups in total. The third-order valence-corrected chi connectivity index (χ3v) is 5.08. The summed E-state index contributed by atoms with van der Waals surface area (Å²) in [5.74, 6) is 0.0277.